The van der Waals surface area contributed by atoms with Gasteiger partial charge < -0.3 is 0 Å². The van der Waals surface area contributed by atoms with Gasteiger partial charge in [0.1, 0.15) is 0 Å². The number of hydrogen-bond acceptors (Lipinski definition) is 1. The molecule has 0 radical (unpaired) electrons. The molecular weight excluding hydrogens is 182 g/mol. The van der Waals surface area contributed by atoms with Crippen LogP contribution >= 0.6 is 0 Å². The van der Waals surface area contributed by atoms with E-state index in [4.69, 9.17) is 0 Å². The smallest absolute Gasteiger partial charge is 0.0486 e. The number of hydrogen-bond donors (Lipinski definition) is 0. The van der Waals surface area contributed by atoms with Gasteiger partial charge in [0, 0.05) is 18.2 Å². The van der Waals surface area contributed by atoms with Gasteiger partial charge in [-0.1, -0.05) is 43.5 Å². The SMILES string of the molecule is C1=NCC2(CCCCC2)c2ccccc21. The summed E-state index contributed by atoms with van der Waals surface area (Å²) in [5.74, 6) is 0. The van der Waals surface area contributed by atoms with Gasteiger partial charge in [0.15, 0.2) is 0 Å². The van der Waals surface area contributed by atoms with Crippen LogP contribution < -0.4 is 0 Å². The Morgan fingerprint density at radius 2 is 1.80 bits per heavy atom. The Kier molecular flexibility index (Phi) is 2.12. The fraction of sp³-hybridized carbons (Fsp3) is 0.500. The van der Waals surface area contributed by atoms with Gasteiger partial charge in [-0.3, -0.25) is 4.99 Å². The fourth-order valence-electron chi connectivity index (χ4n) is 3.15. The van der Waals surface area contributed by atoms with Crippen LogP contribution in [0.15, 0.2) is 29.3 Å². The topological polar surface area (TPSA) is 12.4 Å². The van der Waals surface area contributed by atoms with Crippen LogP contribution in [-0.4, -0.2) is 12.8 Å². The highest BCUT2D eigenvalue weighted by molar-refractivity contribution is 5.83. The lowest BCUT2D eigenvalue weighted by atomic mass is 9.67. The maximum Gasteiger partial charge on any atom is 0.0486 e. The van der Waals surface area contributed by atoms with E-state index in [-0.39, 0.29) is 0 Å². The van der Waals surface area contributed by atoms with Crippen LogP contribution in [0.4, 0.5) is 0 Å². The van der Waals surface area contributed by atoms with Crippen molar-refractivity contribution >= 4 is 6.21 Å². The van der Waals surface area contributed by atoms with Crippen molar-refractivity contribution in [3.8, 4) is 0 Å². The number of fused-ring (bicyclic) bond motifs is 2. The summed E-state index contributed by atoms with van der Waals surface area (Å²) in [5, 5.41) is 0. The summed E-state index contributed by atoms with van der Waals surface area (Å²) in [4.78, 5) is 4.57. The summed E-state index contributed by atoms with van der Waals surface area (Å²) in [7, 11) is 0. The molecule has 1 aromatic rings. The Bertz CT molecular complexity index is 386. The molecule has 0 bridgehead atoms. The van der Waals surface area contributed by atoms with Crippen LogP contribution in [0.5, 0.6) is 0 Å². The summed E-state index contributed by atoms with van der Waals surface area (Å²) < 4.78 is 0. The molecule has 78 valence electrons. The molecule has 15 heavy (non-hydrogen) atoms. The molecule has 0 saturated heterocycles. The Morgan fingerprint density at radius 1 is 1.00 bits per heavy atom. The lowest BCUT2D eigenvalue weighted by Crippen LogP contribution is -2.35. The van der Waals surface area contributed by atoms with Crippen molar-refractivity contribution in [2.75, 3.05) is 6.54 Å². The summed E-state index contributed by atoms with van der Waals surface area (Å²) in [6.07, 6.45) is 8.89. The first-order chi connectivity index (χ1) is 7.41. The van der Waals surface area contributed by atoms with E-state index >= 15 is 0 Å². The molecule has 1 saturated carbocycles. The van der Waals surface area contributed by atoms with Gasteiger partial charge in [-0.25, -0.2) is 0 Å². The average molecular weight is 199 g/mol. The quantitative estimate of drug-likeness (QED) is 0.608. The zero-order chi connectivity index (χ0) is 10.1. The van der Waals surface area contributed by atoms with Crippen molar-refractivity contribution in [2.24, 2.45) is 4.99 Å². The fourth-order valence-corrected chi connectivity index (χ4v) is 3.15. The number of nitrogens with zero attached hydrogens (tertiary/aromatic N) is 1. The van der Waals surface area contributed by atoms with E-state index in [0.29, 0.717) is 5.41 Å². The molecule has 0 N–H and O–H groups in total. The van der Waals surface area contributed by atoms with Gasteiger partial charge >= 0.3 is 0 Å². The minimum Gasteiger partial charge on any atom is -0.292 e. The highest BCUT2D eigenvalue weighted by Crippen LogP contribution is 2.42. The standard InChI is InChI=1S/C14H17N/c1-4-8-14(9-5-1)11-15-10-12-6-2-3-7-13(12)14/h2-3,6-7,10H,1,4-5,8-9,11H2. The lowest BCUT2D eigenvalue weighted by Gasteiger charge is -2.39. The molecule has 1 heterocycles. The first-order valence-electron chi connectivity index (χ1n) is 6.00. The van der Waals surface area contributed by atoms with Crippen molar-refractivity contribution < 1.29 is 0 Å². The zero-order valence-corrected chi connectivity index (χ0v) is 9.08. The van der Waals surface area contributed by atoms with E-state index in [0.717, 1.165) is 6.54 Å². The second-order valence-electron chi connectivity index (χ2n) is 4.90. The molecule has 0 atom stereocenters. The molecular formula is C14H17N. The summed E-state index contributed by atoms with van der Waals surface area (Å²) in [6, 6.07) is 8.81. The molecule has 1 fully saturated rings. The second kappa shape index (κ2) is 3.48. The molecule has 2 aliphatic rings. The second-order valence-corrected chi connectivity index (χ2v) is 4.90. The Hall–Kier alpha value is -1.11. The van der Waals surface area contributed by atoms with Gasteiger partial charge in [-0.2, -0.15) is 0 Å². The normalized spacial score (nSPS) is 22.7. The third-order valence-electron chi connectivity index (χ3n) is 3.97. The summed E-state index contributed by atoms with van der Waals surface area (Å²) in [5.41, 5.74) is 3.30. The lowest BCUT2D eigenvalue weighted by molar-refractivity contribution is 0.299. The van der Waals surface area contributed by atoms with E-state index in [1.54, 1.807) is 5.56 Å². The van der Waals surface area contributed by atoms with E-state index in [2.05, 4.69) is 35.5 Å². The maximum absolute atomic E-state index is 4.57. The molecule has 1 spiro atoms. The van der Waals surface area contributed by atoms with E-state index in [1.807, 2.05) is 0 Å². The predicted molar refractivity (Wildman–Crippen MR) is 63.7 cm³/mol. The van der Waals surface area contributed by atoms with Gasteiger partial charge in [0.05, 0.1) is 0 Å². The third kappa shape index (κ3) is 1.41. The third-order valence-corrected chi connectivity index (χ3v) is 3.97. The highest BCUT2D eigenvalue weighted by Gasteiger charge is 2.36. The first kappa shape index (κ1) is 9.14. The molecule has 1 aliphatic heterocycles. The van der Waals surface area contributed by atoms with Crippen LogP contribution in [0.25, 0.3) is 0 Å². The number of benzene rings is 1. The van der Waals surface area contributed by atoms with Crippen molar-refractivity contribution in [2.45, 2.75) is 37.5 Å². The van der Waals surface area contributed by atoms with Gasteiger partial charge in [0.25, 0.3) is 0 Å². The van der Waals surface area contributed by atoms with Gasteiger partial charge in [-0.05, 0) is 24.0 Å². The van der Waals surface area contributed by atoms with Gasteiger partial charge in [0.2, 0.25) is 0 Å². The van der Waals surface area contributed by atoms with Gasteiger partial charge in [-0.15, -0.1) is 0 Å². The maximum atomic E-state index is 4.57. The molecule has 0 aromatic heterocycles. The molecule has 1 heteroatoms. The molecule has 1 aliphatic carbocycles. The van der Waals surface area contributed by atoms with Crippen molar-refractivity contribution in [3.63, 3.8) is 0 Å². The summed E-state index contributed by atoms with van der Waals surface area (Å²) >= 11 is 0. The van der Waals surface area contributed by atoms with Crippen molar-refractivity contribution in [1.29, 1.82) is 0 Å². The molecule has 1 nitrogen and oxygen atoms in total. The predicted octanol–water partition coefficient (Wildman–Crippen LogP) is 3.32. The number of aliphatic imine (C=N–C) groups is 1. The Morgan fingerprint density at radius 3 is 2.67 bits per heavy atom. The monoisotopic (exact) mass is 199 g/mol. The summed E-state index contributed by atoms with van der Waals surface area (Å²) in [6.45, 7) is 1.02. The average Bonchev–Trinajstić information content (AvgIpc) is 2.31. The van der Waals surface area contributed by atoms with E-state index in [1.165, 1.54) is 37.7 Å². The van der Waals surface area contributed by atoms with Crippen LogP contribution in [0.1, 0.15) is 43.2 Å². The van der Waals surface area contributed by atoms with Crippen LogP contribution in [0, 0.1) is 0 Å². The molecule has 0 unspecified atom stereocenters. The highest BCUT2D eigenvalue weighted by atomic mass is 14.8. The molecule has 1 aromatic carbocycles. The molecule has 3 rings (SSSR count). The minimum atomic E-state index is 0.392. The number of rotatable bonds is 0. The minimum absolute atomic E-state index is 0.392. The van der Waals surface area contributed by atoms with Crippen LogP contribution in [0.2, 0.25) is 0 Å². The molecule has 0 amide bonds. The van der Waals surface area contributed by atoms with E-state index in [9.17, 15) is 0 Å². The van der Waals surface area contributed by atoms with Crippen LogP contribution in [-0.2, 0) is 5.41 Å². The largest absolute Gasteiger partial charge is 0.292 e. The Balaban J connectivity index is 2.08. The van der Waals surface area contributed by atoms with Crippen LogP contribution in [0.3, 0.4) is 0 Å². The Labute approximate surface area is 91.2 Å². The first-order valence-corrected chi connectivity index (χ1v) is 6.00. The van der Waals surface area contributed by atoms with Crippen molar-refractivity contribution in [3.05, 3.63) is 35.4 Å². The van der Waals surface area contributed by atoms with Crippen molar-refractivity contribution in [1.82, 2.24) is 0 Å². The van der Waals surface area contributed by atoms with E-state index < -0.39 is 0 Å². The zero-order valence-electron chi connectivity index (χ0n) is 9.08.